The molecule has 0 spiro atoms. The third kappa shape index (κ3) is 3.88. The van der Waals surface area contributed by atoms with Gasteiger partial charge in [0.05, 0.1) is 0 Å². The van der Waals surface area contributed by atoms with Crippen LogP contribution in [0.4, 0.5) is 0 Å². The second kappa shape index (κ2) is 4.80. The normalized spacial score (nSPS) is 10.5. The first-order chi connectivity index (χ1) is 5.18. The average molecular weight is 315 g/mol. The van der Waals surface area contributed by atoms with Crippen LogP contribution >= 0.6 is 29.4 Å². The second-order valence-corrected chi connectivity index (χ2v) is 12.9. The van der Waals surface area contributed by atoms with Gasteiger partial charge in [-0.05, 0) is 0 Å². The van der Waals surface area contributed by atoms with Crippen molar-refractivity contribution >= 4 is 46.9 Å². The fourth-order valence-electron chi connectivity index (χ4n) is 0.757. The summed E-state index contributed by atoms with van der Waals surface area (Å²) in [6, 6.07) is 7.65. The molecule has 0 aliphatic carbocycles. The molecular weight excluding hydrogens is 309 g/mol. The number of hydrogen-bond donors (Lipinski definition) is 0. The first-order valence-corrected chi connectivity index (χ1v) is 12.7. The molecule has 59 valence electrons. The van der Waals surface area contributed by atoms with Gasteiger partial charge in [0.15, 0.2) is 0 Å². The molecule has 0 N–H and O–H groups in total. The Kier molecular flexibility index (Phi) is 4.35. The van der Waals surface area contributed by atoms with Gasteiger partial charge in [0.2, 0.25) is 0 Å². The zero-order valence-corrected chi connectivity index (χ0v) is 10.8. The fraction of sp³-hybridized carbons (Fsp3) is 0.143. The van der Waals surface area contributed by atoms with Crippen LogP contribution in [0, 0.1) is 0 Å². The van der Waals surface area contributed by atoms with Gasteiger partial charge in [-0.2, -0.15) is 0 Å². The fourth-order valence-corrected chi connectivity index (χ4v) is 4.51. The average Bonchev–Trinajstić information content (AvgIpc) is 1.93. The summed E-state index contributed by atoms with van der Waals surface area (Å²) in [6.07, 6.45) is 0. The molecule has 0 unspecified atom stereocenters. The van der Waals surface area contributed by atoms with E-state index in [9.17, 15) is 0 Å². The maximum absolute atomic E-state index is 5.78. The first-order valence-electron chi connectivity index (χ1n) is 3.10. The van der Waals surface area contributed by atoms with Crippen molar-refractivity contribution in [3.05, 3.63) is 34.9 Å². The van der Waals surface area contributed by atoms with Crippen LogP contribution in [0.3, 0.4) is 0 Å². The minimum atomic E-state index is -2.00. The van der Waals surface area contributed by atoms with E-state index in [1.54, 1.807) is 0 Å². The number of rotatable bonds is 2. The van der Waals surface area contributed by atoms with Crippen molar-refractivity contribution in [2.75, 3.05) is 0 Å². The van der Waals surface area contributed by atoms with E-state index in [0.29, 0.717) is 0 Å². The van der Waals surface area contributed by atoms with E-state index in [-0.39, 0.29) is 0 Å². The Hall–Kier alpha value is 0.889. The Balaban J connectivity index is 2.66. The van der Waals surface area contributed by atoms with Gasteiger partial charge in [-0.25, -0.2) is 0 Å². The van der Waals surface area contributed by atoms with Crippen LogP contribution in [-0.2, 0) is 4.44 Å². The molecular formula is C7H6Cl3Sn. The van der Waals surface area contributed by atoms with Gasteiger partial charge < -0.3 is 0 Å². The number of benzene rings is 1. The summed E-state index contributed by atoms with van der Waals surface area (Å²) in [5.74, 6) is 0. The van der Waals surface area contributed by atoms with Crippen molar-refractivity contribution in [1.82, 2.24) is 0 Å². The predicted octanol–water partition coefficient (Wildman–Crippen LogP) is 3.39. The van der Waals surface area contributed by atoms with Gasteiger partial charge in [0, 0.05) is 0 Å². The molecule has 11 heavy (non-hydrogen) atoms. The van der Waals surface area contributed by atoms with Gasteiger partial charge in [-0.15, -0.1) is 0 Å². The molecule has 1 aromatic rings. The molecule has 0 saturated heterocycles. The van der Waals surface area contributed by atoms with E-state index < -0.39 is 17.5 Å². The third-order valence-corrected chi connectivity index (χ3v) is 5.22. The van der Waals surface area contributed by atoms with Gasteiger partial charge in [0.25, 0.3) is 0 Å². The summed E-state index contributed by atoms with van der Waals surface area (Å²) in [6.45, 7) is 0. The summed E-state index contributed by atoms with van der Waals surface area (Å²) in [4.78, 5) is 0. The molecule has 0 saturated carbocycles. The molecule has 0 aromatic heterocycles. The molecule has 0 aliphatic heterocycles. The molecule has 0 nitrogen and oxygen atoms in total. The van der Waals surface area contributed by atoms with E-state index in [1.165, 1.54) is 5.56 Å². The molecule has 0 atom stereocenters. The van der Waals surface area contributed by atoms with E-state index in [2.05, 4.69) is 0 Å². The molecule has 0 bridgehead atoms. The van der Waals surface area contributed by atoms with E-state index in [4.69, 9.17) is 29.4 Å². The number of halogens is 3. The molecule has 1 aromatic carbocycles. The van der Waals surface area contributed by atoms with Crippen LogP contribution in [0.1, 0.15) is 5.56 Å². The summed E-state index contributed by atoms with van der Waals surface area (Å²) in [5, 5.41) is 0.753. The summed E-state index contributed by atoms with van der Waals surface area (Å²) >= 11 is 3.70. The predicted molar refractivity (Wildman–Crippen MR) is 52.6 cm³/mol. The molecule has 4 heteroatoms. The van der Waals surface area contributed by atoms with Crippen LogP contribution in [0.15, 0.2) is 24.3 Å². The van der Waals surface area contributed by atoms with Gasteiger partial charge >= 0.3 is 86.2 Å². The molecule has 0 fully saturated rings. The second-order valence-electron chi connectivity index (χ2n) is 2.14. The molecule has 0 amide bonds. The van der Waals surface area contributed by atoms with Gasteiger partial charge in [-0.1, -0.05) is 0 Å². The van der Waals surface area contributed by atoms with Crippen LogP contribution in [0.25, 0.3) is 0 Å². The Morgan fingerprint density at radius 2 is 1.64 bits per heavy atom. The SMILES string of the molecule is Clc1ccc([CH2][Sn]([Cl])[Cl])cc1. The van der Waals surface area contributed by atoms with Crippen molar-refractivity contribution in [2.45, 2.75) is 4.44 Å². The Morgan fingerprint density at radius 3 is 2.09 bits per heavy atom. The van der Waals surface area contributed by atoms with E-state index in [0.717, 1.165) is 9.46 Å². The quantitative estimate of drug-likeness (QED) is 0.734. The standard InChI is InChI=1S/C7H6Cl.2ClH.Sn/c1-6-2-4-7(8)5-3-6;;;/h2-5H,1H2;2*1H;/q;;;+2/p-2. The van der Waals surface area contributed by atoms with Crippen molar-refractivity contribution in [3.8, 4) is 0 Å². The Labute approximate surface area is 85.6 Å². The van der Waals surface area contributed by atoms with Crippen LogP contribution in [0.5, 0.6) is 0 Å². The summed E-state index contributed by atoms with van der Waals surface area (Å²) in [7, 11) is 11.6. The van der Waals surface area contributed by atoms with Crippen molar-refractivity contribution in [3.63, 3.8) is 0 Å². The van der Waals surface area contributed by atoms with Gasteiger partial charge in [0.1, 0.15) is 0 Å². The molecule has 1 radical (unpaired) electrons. The third-order valence-electron chi connectivity index (χ3n) is 1.25. The maximum atomic E-state index is 5.78. The topological polar surface area (TPSA) is 0 Å². The van der Waals surface area contributed by atoms with Gasteiger partial charge in [-0.3, -0.25) is 0 Å². The summed E-state index contributed by atoms with van der Waals surface area (Å²) < 4.78 is 0.864. The van der Waals surface area contributed by atoms with Crippen molar-refractivity contribution in [2.24, 2.45) is 0 Å². The van der Waals surface area contributed by atoms with E-state index in [1.807, 2.05) is 24.3 Å². The van der Waals surface area contributed by atoms with E-state index >= 15 is 0 Å². The Morgan fingerprint density at radius 1 is 1.09 bits per heavy atom. The zero-order valence-electron chi connectivity index (χ0n) is 5.65. The van der Waals surface area contributed by atoms with Crippen molar-refractivity contribution in [1.29, 1.82) is 0 Å². The molecule has 0 aliphatic rings. The van der Waals surface area contributed by atoms with Crippen LogP contribution < -0.4 is 0 Å². The first kappa shape index (κ1) is 9.97. The van der Waals surface area contributed by atoms with Crippen molar-refractivity contribution < 1.29 is 0 Å². The zero-order chi connectivity index (χ0) is 8.27. The number of hydrogen-bond acceptors (Lipinski definition) is 0. The van der Waals surface area contributed by atoms with Crippen LogP contribution in [0.2, 0.25) is 5.02 Å². The van der Waals surface area contributed by atoms with Crippen LogP contribution in [-0.4, -0.2) is 17.5 Å². The summed E-state index contributed by atoms with van der Waals surface area (Å²) in [5.41, 5.74) is 1.19. The monoisotopic (exact) mass is 315 g/mol. The minimum absolute atomic E-state index is 0.753. The molecule has 1 rings (SSSR count). The Bertz CT molecular complexity index is 220. The molecule has 0 heterocycles.